The van der Waals surface area contributed by atoms with Crippen LogP contribution in [0.1, 0.15) is 51.7 Å². The van der Waals surface area contributed by atoms with E-state index in [1.165, 1.54) is 26.6 Å². The number of fused-ring (bicyclic) bond motifs is 3. The number of aliphatic imine (C=N–C) groups is 1. The summed E-state index contributed by atoms with van der Waals surface area (Å²) in [6.07, 6.45) is 0. The molecule has 0 spiro atoms. The van der Waals surface area contributed by atoms with Crippen molar-refractivity contribution in [3.63, 3.8) is 0 Å². The van der Waals surface area contributed by atoms with Gasteiger partial charge in [-0.25, -0.2) is 0 Å². The Hall–Kier alpha value is -2.27. The molecule has 122 valence electrons. The third-order valence-electron chi connectivity index (χ3n) is 4.68. The zero-order chi connectivity index (χ0) is 17.0. The first-order valence-corrected chi connectivity index (χ1v) is 8.96. The monoisotopic (exact) mass is 336 g/mol. The van der Waals surface area contributed by atoms with E-state index >= 15 is 0 Å². The highest BCUT2D eigenvalue weighted by Gasteiger charge is 2.29. The average molecular weight is 336 g/mol. The minimum Gasteiger partial charge on any atom is -0.273 e. The van der Waals surface area contributed by atoms with Crippen LogP contribution < -0.4 is 0 Å². The van der Waals surface area contributed by atoms with Crippen LogP contribution in [-0.2, 0) is 0 Å². The molecular formula is C19H20N4S. The number of benzene rings is 1. The Balaban J connectivity index is 2.04. The molecule has 0 amide bonds. The lowest BCUT2D eigenvalue weighted by molar-refractivity contribution is 0.724. The smallest absolute Gasteiger partial charge is 0.162 e. The predicted octanol–water partition coefficient (Wildman–Crippen LogP) is 4.47. The van der Waals surface area contributed by atoms with Gasteiger partial charge in [0, 0.05) is 16.0 Å². The quantitative estimate of drug-likeness (QED) is 0.658. The SMILES string of the molecule is Cc1ccc(C2=N[C@H](C)c3nnc(C)n3-c3sc(C)c(C)c32)cc1. The summed E-state index contributed by atoms with van der Waals surface area (Å²) in [5.41, 5.74) is 5.99. The number of hydrogen-bond acceptors (Lipinski definition) is 4. The Labute approximate surface area is 145 Å². The molecule has 0 unspecified atom stereocenters. The molecule has 4 nitrogen and oxygen atoms in total. The second kappa shape index (κ2) is 5.38. The van der Waals surface area contributed by atoms with Gasteiger partial charge in [0.2, 0.25) is 0 Å². The van der Waals surface area contributed by atoms with Crippen LogP contribution in [0.4, 0.5) is 0 Å². The first-order valence-electron chi connectivity index (χ1n) is 8.15. The van der Waals surface area contributed by atoms with Crippen LogP contribution in [0.25, 0.3) is 5.00 Å². The first kappa shape index (κ1) is 15.3. The zero-order valence-corrected chi connectivity index (χ0v) is 15.4. The molecule has 0 aliphatic carbocycles. The fraction of sp³-hybridized carbons (Fsp3) is 0.316. The summed E-state index contributed by atoms with van der Waals surface area (Å²) in [5.74, 6) is 1.83. The largest absolute Gasteiger partial charge is 0.273 e. The third kappa shape index (κ3) is 2.15. The molecule has 2 aromatic heterocycles. The molecule has 3 heterocycles. The van der Waals surface area contributed by atoms with E-state index in [0.717, 1.165) is 22.9 Å². The van der Waals surface area contributed by atoms with E-state index in [2.05, 4.69) is 66.7 Å². The summed E-state index contributed by atoms with van der Waals surface area (Å²) in [5, 5.41) is 9.86. The molecule has 3 aromatic rings. The van der Waals surface area contributed by atoms with E-state index in [0.29, 0.717) is 0 Å². The van der Waals surface area contributed by atoms with Crippen molar-refractivity contribution in [1.29, 1.82) is 0 Å². The van der Waals surface area contributed by atoms with E-state index in [9.17, 15) is 0 Å². The van der Waals surface area contributed by atoms with E-state index in [1.54, 1.807) is 11.3 Å². The molecule has 5 heteroatoms. The minimum absolute atomic E-state index is 0.0261. The second-order valence-electron chi connectivity index (χ2n) is 6.42. The van der Waals surface area contributed by atoms with Gasteiger partial charge in [-0.2, -0.15) is 0 Å². The summed E-state index contributed by atoms with van der Waals surface area (Å²) in [7, 11) is 0. The maximum Gasteiger partial charge on any atom is 0.162 e. The predicted molar refractivity (Wildman–Crippen MR) is 98.7 cm³/mol. The average Bonchev–Trinajstić information content (AvgIpc) is 3.03. The van der Waals surface area contributed by atoms with Gasteiger partial charge >= 0.3 is 0 Å². The highest BCUT2D eigenvalue weighted by molar-refractivity contribution is 7.15. The van der Waals surface area contributed by atoms with Gasteiger partial charge in [-0.05, 0) is 40.2 Å². The van der Waals surface area contributed by atoms with Crippen molar-refractivity contribution in [2.75, 3.05) is 0 Å². The van der Waals surface area contributed by atoms with Gasteiger partial charge in [-0.1, -0.05) is 29.8 Å². The van der Waals surface area contributed by atoms with Crippen LogP contribution in [0.3, 0.4) is 0 Å². The van der Waals surface area contributed by atoms with Crippen LogP contribution in [0, 0.1) is 27.7 Å². The normalized spacial score (nSPS) is 16.4. The van der Waals surface area contributed by atoms with Crippen molar-refractivity contribution in [2.45, 2.75) is 40.7 Å². The zero-order valence-electron chi connectivity index (χ0n) is 14.6. The van der Waals surface area contributed by atoms with Crippen molar-refractivity contribution in [2.24, 2.45) is 4.99 Å². The van der Waals surface area contributed by atoms with Gasteiger partial charge in [-0.3, -0.25) is 9.56 Å². The van der Waals surface area contributed by atoms with E-state index < -0.39 is 0 Å². The molecule has 0 radical (unpaired) electrons. The van der Waals surface area contributed by atoms with Gasteiger partial charge in [0.15, 0.2) is 5.82 Å². The Morgan fingerprint density at radius 2 is 1.71 bits per heavy atom. The maximum atomic E-state index is 5.05. The Bertz CT molecular complexity index is 960. The molecule has 24 heavy (non-hydrogen) atoms. The Kier molecular flexibility index (Phi) is 3.42. The minimum atomic E-state index is -0.0261. The Morgan fingerprint density at radius 1 is 1.00 bits per heavy atom. The van der Waals surface area contributed by atoms with Crippen molar-refractivity contribution in [1.82, 2.24) is 14.8 Å². The lowest BCUT2D eigenvalue weighted by Gasteiger charge is -2.09. The molecule has 1 aromatic carbocycles. The van der Waals surface area contributed by atoms with Crippen LogP contribution in [0.2, 0.25) is 0 Å². The topological polar surface area (TPSA) is 43.1 Å². The highest BCUT2D eigenvalue weighted by Crippen LogP contribution is 2.38. The maximum absolute atomic E-state index is 5.05. The lowest BCUT2D eigenvalue weighted by atomic mass is 9.99. The number of aryl methyl sites for hydroxylation is 3. The third-order valence-corrected chi connectivity index (χ3v) is 5.87. The molecule has 1 aliphatic rings. The molecule has 1 atom stereocenters. The van der Waals surface area contributed by atoms with E-state index in [4.69, 9.17) is 4.99 Å². The van der Waals surface area contributed by atoms with Crippen LogP contribution in [0.15, 0.2) is 29.3 Å². The van der Waals surface area contributed by atoms with Crippen molar-refractivity contribution in [3.05, 3.63) is 63.0 Å². The summed E-state index contributed by atoms with van der Waals surface area (Å²) in [4.78, 5) is 6.36. The van der Waals surface area contributed by atoms with E-state index in [1.807, 2.05) is 6.92 Å². The summed E-state index contributed by atoms with van der Waals surface area (Å²) in [6, 6.07) is 8.59. The van der Waals surface area contributed by atoms with Crippen LogP contribution in [-0.4, -0.2) is 20.5 Å². The molecule has 0 saturated heterocycles. The highest BCUT2D eigenvalue weighted by atomic mass is 32.1. The summed E-state index contributed by atoms with van der Waals surface area (Å²) in [6.45, 7) is 10.6. The fourth-order valence-electron chi connectivity index (χ4n) is 3.19. The van der Waals surface area contributed by atoms with Gasteiger partial charge in [0.25, 0.3) is 0 Å². The van der Waals surface area contributed by atoms with Gasteiger partial charge < -0.3 is 0 Å². The van der Waals surface area contributed by atoms with E-state index in [-0.39, 0.29) is 6.04 Å². The van der Waals surface area contributed by atoms with Gasteiger partial charge in [0.05, 0.1) is 5.71 Å². The number of thiophene rings is 1. The standard InChI is InChI=1S/C19H20N4S/c1-10-6-8-15(9-7-10)17-16-11(2)13(4)24-19(16)23-14(5)21-22-18(23)12(3)20-17/h6-9,12H,1-5H3/t12-/m1/s1. The number of nitrogens with zero attached hydrogens (tertiary/aromatic N) is 4. The van der Waals surface area contributed by atoms with Crippen LogP contribution in [0.5, 0.6) is 0 Å². The number of hydrogen-bond donors (Lipinski definition) is 0. The molecule has 1 aliphatic heterocycles. The van der Waals surface area contributed by atoms with Gasteiger partial charge in [0.1, 0.15) is 16.9 Å². The molecule has 0 N–H and O–H groups in total. The fourth-order valence-corrected chi connectivity index (χ4v) is 4.41. The molecule has 4 rings (SSSR count). The number of aromatic nitrogens is 3. The van der Waals surface area contributed by atoms with Gasteiger partial charge in [-0.15, -0.1) is 21.5 Å². The first-order chi connectivity index (χ1) is 11.5. The lowest BCUT2D eigenvalue weighted by Crippen LogP contribution is -2.07. The van der Waals surface area contributed by atoms with Crippen molar-refractivity contribution >= 4 is 17.0 Å². The van der Waals surface area contributed by atoms with Crippen LogP contribution >= 0.6 is 11.3 Å². The molecule has 0 bridgehead atoms. The molecular weight excluding hydrogens is 316 g/mol. The molecule has 0 saturated carbocycles. The Morgan fingerprint density at radius 3 is 2.42 bits per heavy atom. The second-order valence-corrected chi connectivity index (χ2v) is 7.63. The molecule has 0 fully saturated rings. The van der Waals surface area contributed by atoms with Crippen molar-refractivity contribution in [3.8, 4) is 5.00 Å². The summed E-state index contributed by atoms with van der Waals surface area (Å²) >= 11 is 1.80. The van der Waals surface area contributed by atoms with Crippen molar-refractivity contribution < 1.29 is 0 Å². The summed E-state index contributed by atoms with van der Waals surface area (Å²) < 4.78 is 2.18. The number of rotatable bonds is 1.